The minimum Gasteiger partial charge on any atom is -0.207 e. The van der Waals surface area contributed by atoms with Gasteiger partial charge in [0.15, 0.2) is 0 Å². The van der Waals surface area contributed by atoms with E-state index in [0.717, 1.165) is 0 Å². The van der Waals surface area contributed by atoms with Crippen LogP contribution in [0.25, 0.3) is 0 Å². The maximum absolute atomic E-state index is 12.4. The van der Waals surface area contributed by atoms with E-state index in [1.165, 1.54) is 18.2 Å². The van der Waals surface area contributed by atoms with Gasteiger partial charge in [-0.1, -0.05) is 17.5 Å². The largest absolute Gasteiger partial charge is 0.207 e. The van der Waals surface area contributed by atoms with Gasteiger partial charge in [0, 0.05) is 5.56 Å². The first kappa shape index (κ1) is 7.11. The number of hydrogen-bond acceptors (Lipinski definition) is 0. The van der Waals surface area contributed by atoms with Crippen molar-refractivity contribution in [2.45, 2.75) is 0 Å². The lowest BCUT2D eigenvalue weighted by Gasteiger charge is -1.93. The molecule has 1 rings (SSSR count). The summed E-state index contributed by atoms with van der Waals surface area (Å²) in [5, 5.41) is 0.406. The summed E-state index contributed by atoms with van der Waals surface area (Å²) in [6, 6.07) is 3.93. The van der Waals surface area contributed by atoms with E-state index in [4.69, 9.17) is 18.0 Å². The molecular formula is C8H4ClF. The van der Waals surface area contributed by atoms with Crippen LogP contribution in [-0.2, 0) is 0 Å². The Morgan fingerprint density at radius 3 is 2.70 bits per heavy atom. The molecule has 0 radical (unpaired) electrons. The van der Waals surface area contributed by atoms with Crippen LogP contribution in [0.15, 0.2) is 18.2 Å². The van der Waals surface area contributed by atoms with Crippen molar-refractivity contribution >= 4 is 11.6 Å². The molecule has 50 valence electrons. The quantitative estimate of drug-likeness (QED) is 0.504. The molecule has 0 aliphatic carbocycles. The van der Waals surface area contributed by atoms with E-state index in [9.17, 15) is 4.39 Å². The molecule has 1 aromatic carbocycles. The first-order valence-corrected chi connectivity index (χ1v) is 3.03. The van der Waals surface area contributed by atoms with Crippen molar-refractivity contribution in [1.29, 1.82) is 0 Å². The number of benzene rings is 1. The summed E-state index contributed by atoms with van der Waals surface area (Å²) in [5.41, 5.74) is 0.390. The fourth-order valence-electron chi connectivity index (χ4n) is 0.608. The van der Waals surface area contributed by atoms with Crippen molar-refractivity contribution in [2.24, 2.45) is 0 Å². The van der Waals surface area contributed by atoms with Crippen LogP contribution in [0, 0.1) is 18.2 Å². The third-order valence-electron chi connectivity index (χ3n) is 1.08. The molecule has 0 spiro atoms. The molecule has 0 bridgehead atoms. The first-order valence-electron chi connectivity index (χ1n) is 2.65. The van der Waals surface area contributed by atoms with Gasteiger partial charge in [0.2, 0.25) is 0 Å². The average molecular weight is 155 g/mol. The Balaban J connectivity index is 3.25. The van der Waals surface area contributed by atoms with Gasteiger partial charge >= 0.3 is 0 Å². The summed E-state index contributed by atoms with van der Waals surface area (Å²) in [4.78, 5) is 0. The highest BCUT2D eigenvalue weighted by Crippen LogP contribution is 2.14. The lowest BCUT2D eigenvalue weighted by molar-refractivity contribution is 0.627. The summed E-state index contributed by atoms with van der Waals surface area (Å²) >= 11 is 5.59. The van der Waals surface area contributed by atoms with Crippen molar-refractivity contribution in [3.05, 3.63) is 34.6 Å². The number of rotatable bonds is 0. The molecule has 2 heteroatoms. The molecule has 1 aromatic rings. The second kappa shape index (κ2) is 2.72. The van der Waals surface area contributed by atoms with Crippen LogP contribution in [0.4, 0.5) is 4.39 Å². The molecule has 0 saturated heterocycles. The van der Waals surface area contributed by atoms with Crippen molar-refractivity contribution < 1.29 is 4.39 Å². The predicted molar refractivity (Wildman–Crippen MR) is 39.3 cm³/mol. The fourth-order valence-corrected chi connectivity index (χ4v) is 0.780. The van der Waals surface area contributed by atoms with Gasteiger partial charge in [-0.3, -0.25) is 0 Å². The van der Waals surface area contributed by atoms with Gasteiger partial charge in [-0.2, -0.15) is 0 Å². The molecule has 0 aromatic heterocycles. The summed E-state index contributed by atoms with van der Waals surface area (Å²) in [6.45, 7) is 0. The zero-order chi connectivity index (χ0) is 7.56. The Labute approximate surface area is 63.6 Å². The maximum atomic E-state index is 12.4. The minimum absolute atomic E-state index is 0.364. The summed E-state index contributed by atoms with van der Waals surface area (Å²) in [6.07, 6.45) is 5.02. The lowest BCUT2D eigenvalue weighted by Crippen LogP contribution is -1.78. The molecule has 0 heterocycles. The van der Waals surface area contributed by atoms with Crippen LogP contribution >= 0.6 is 11.6 Å². The fraction of sp³-hybridized carbons (Fsp3) is 0. The molecule has 0 aliphatic heterocycles. The summed E-state index contributed by atoms with van der Waals surface area (Å²) in [5.74, 6) is 1.90. The van der Waals surface area contributed by atoms with E-state index in [-0.39, 0.29) is 5.82 Å². The Kier molecular flexibility index (Phi) is 1.94. The van der Waals surface area contributed by atoms with Gasteiger partial charge in [0.25, 0.3) is 0 Å². The van der Waals surface area contributed by atoms with Crippen molar-refractivity contribution in [1.82, 2.24) is 0 Å². The van der Waals surface area contributed by atoms with Gasteiger partial charge < -0.3 is 0 Å². The van der Waals surface area contributed by atoms with Gasteiger partial charge in [0.05, 0.1) is 5.02 Å². The first-order chi connectivity index (χ1) is 4.74. The van der Waals surface area contributed by atoms with Crippen LogP contribution in [-0.4, -0.2) is 0 Å². The Bertz CT molecular complexity index is 286. The topological polar surface area (TPSA) is 0 Å². The van der Waals surface area contributed by atoms with Gasteiger partial charge in [-0.25, -0.2) is 4.39 Å². The summed E-state index contributed by atoms with van der Waals surface area (Å²) in [7, 11) is 0. The van der Waals surface area contributed by atoms with E-state index in [2.05, 4.69) is 5.92 Å². The monoisotopic (exact) mass is 154 g/mol. The van der Waals surface area contributed by atoms with E-state index >= 15 is 0 Å². The van der Waals surface area contributed by atoms with Crippen molar-refractivity contribution in [2.75, 3.05) is 0 Å². The standard InChI is InChI=1S/C8H4ClF/c1-2-6-5-7(10)3-4-8(6)9/h1,3-5H. The lowest BCUT2D eigenvalue weighted by atomic mass is 10.2. The maximum Gasteiger partial charge on any atom is 0.124 e. The van der Waals surface area contributed by atoms with E-state index in [0.29, 0.717) is 10.6 Å². The van der Waals surface area contributed by atoms with E-state index in [1.807, 2.05) is 0 Å². The second-order valence-electron chi connectivity index (χ2n) is 1.77. The van der Waals surface area contributed by atoms with Crippen LogP contribution in [0.1, 0.15) is 5.56 Å². The SMILES string of the molecule is C#Cc1cc(F)ccc1Cl. The smallest absolute Gasteiger partial charge is 0.124 e. The highest BCUT2D eigenvalue weighted by molar-refractivity contribution is 6.31. The normalized spacial score (nSPS) is 8.90. The molecule has 0 saturated carbocycles. The Hall–Kier alpha value is -1.00. The highest BCUT2D eigenvalue weighted by Gasteiger charge is 1.96. The zero-order valence-corrected chi connectivity index (χ0v) is 5.82. The third-order valence-corrected chi connectivity index (χ3v) is 1.41. The predicted octanol–water partition coefficient (Wildman–Crippen LogP) is 2.46. The molecule has 0 nitrogen and oxygen atoms in total. The summed E-state index contributed by atoms with van der Waals surface area (Å²) < 4.78 is 12.4. The second-order valence-corrected chi connectivity index (χ2v) is 2.18. The molecule has 0 aliphatic rings. The number of halogens is 2. The zero-order valence-electron chi connectivity index (χ0n) is 5.07. The molecule has 0 atom stereocenters. The van der Waals surface area contributed by atoms with E-state index in [1.54, 1.807) is 0 Å². The molecule has 0 fully saturated rings. The number of terminal acetylenes is 1. The number of hydrogen-bond donors (Lipinski definition) is 0. The molecule has 10 heavy (non-hydrogen) atoms. The third kappa shape index (κ3) is 1.29. The van der Waals surface area contributed by atoms with Crippen LogP contribution in [0.5, 0.6) is 0 Å². The van der Waals surface area contributed by atoms with Gasteiger partial charge in [0.1, 0.15) is 5.82 Å². The highest BCUT2D eigenvalue weighted by atomic mass is 35.5. The van der Waals surface area contributed by atoms with E-state index < -0.39 is 0 Å². The Morgan fingerprint density at radius 2 is 2.20 bits per heavy atom. The van der Waals surface area contributed by atoms with Gasteiger partial charge in [-0.15, -0.1) is 6.42 Å². The minimum atomic E-state index is -0.364. The Morgan fingerprint density at radius 1 is 1.50 bits per heavy atom. The molecule has 0 unspecified atom stereocenters. The molecule has 0 N–H and O–H groups in total. The molecular weight excluding hydrogens is 151 g/mol. The van der Waals surface area contributed by atoms with Gasteiger partial charge in [-0.05, 0) is 18.2 Å². The average Bonchev–Trinajstić information content (AvgIpc) is 1.94. The van der Waals surface area contributed by atoms with Crippen LogP contribution in [0.2, 0.25) is 5.02 Å². The van der Waals surface area contributed by atoms with Crippen LogP contribution in [0.3, 0.4) is 0 Å². The molecule has 0 amide bonds. The van der Waals surface area contributed by atoms with Crippen LogP contribution < -0.4 is 0 Å². The van der Waals surface area contributed by atoms with Crippen molar-refractivity contribution in [3.63, 3.8) is 0 Å². The van der Waals surface area contributed by atoms with Crippen molar-refractivity contribution in [3.8, 4) is 12.3 Å².